The number of nitrogens with zero attached hydrogens (tertiary/aromatic N) is 1. The molecule has 0 radical (unpaired) electrons. The number of aromatic nitrogens is 1. The van der Waals surface area contributed by atoms with Crippen molar-refractivity contribution in [1.82, 2.24) is 10.3 Å². The highest BCUT2D eigenvalue weighted by Gasteiger charge is 2.06. The highest BCUT2D eigenvalue weighted by molar-refractivity contribution is 6.31. The van der Waals surface area contributed by atoms with Crippen LogP contribution in [0.2, 0.25) is 5.02 Å². The summed E-state index contributed by atoms with van der Waals surface area (Å²) < 4.78 is 0. The number of hydrogen-bond donors (Lipinski definition) is 2. The number of benzene rings is 1. The highest BCUT2D eigenvalue weighted by Crippen LogP contribution is 2.25. The van der Waals surface area contributed by atoms with E-state index in [4.69, 9.17) is 11.6 Å². The minimum Gasteiger partial charge on any atom is -0.382 e. The van der Waals surface area contributed by atoms with E-state index in [0.717, 1.165) is 41.1 Å². The minimum absolute atomic E-state index is 0.440. The molecule has 0 aliphatic rings. The summed E-state index contributed by atoms with van der Waals surface area (Å²) in [6.07, 6.45) is 4.15. The lowest BCUT2D eigenvalue weighted by molar-refractivity contribution is 0.603. The van der Waals surface area contributed by atoms with Gasteiger partial charge in [-0.3, -0.25) is 4.98 Å². The molecule has 108 valence electrons. The molecule has 3 nitrogen and oxygen atoms in total. The van der Waals surface area contributed by atoms with E-state index >= 15 is 0 Å². The van der Waals surface area contributed by atoms with Gasteiger partial charge in [0.05, 0.1) is 5.52 Å². The van der Waals surface area contributed by atoms with Crippen molar-refractivity contribution in [1.29, 1.82) is 0 Å². The molecule has 0 amide bonds. The lowest BCUT2D eigenvalue weighted by Gasteiger charge is -2.16. The number of fused-ring (bicyclic) bond motifs is 1. The lowest BCUT2D eigenvalue weighted by Crippen LogP contribution is -2.19. The third-order valence-corrected chi connectivity index (χ3v) is 3.58. The molecule has 0 bridgehead atoms. The van der Waals surface area contributed by atoms with Crippen LogP contribution >= 0.6 is 11.6 Å². The Morgan fingerprint density at radius 1 is 1.30 bits per heavy atom. The van der Waals surface area contributed by atoms with Crippen molar-refractivity contribution in [2.45, 2.75) is 32.7 Å². The number of anilines is 1. The number of halogens is 1. The fourth-order valence-electron chi connectivity index (χ4n) is 2.29. The van der Waals surface area contributed by atoms with Gasteiger partial charge < -0.3 is 10.6 Å². The Kier molecular flexibility index (Phi) is 5.62. The number of pyridine rings is 1. The van der Waals surface area contributed by atoms with Crippen LogP contribution < -0.4 is 10.6 Å². The standard InChI is InChI=1S/C16H22ClN3/c1-3-18-9-4-5-12(2)20-15-8-10-19-16-11-13(17)6-7-14(15)16/h6-8,10-12,18H,3-5,9H2,1-2H3,(H,19,20)/t12-/m1/s1. The van der Waals surface area contributed by atoms with E-state index in [-0.39, 0.29) is 0 Å². The Morgan fingerprint density at radius 3 is 2.95 bits per heavy atom. The van der Waals surface area contributed by atoms with Gasteiger partial charge in [-0.25, -0.2) is 0 Å². The van der Waals surface area contributed by atoms with Crippen molar-refractivity contribution in [3.63, 3.8) is 0 Å². The maximum absolute atomic E-state index is 6.01. The average Bonchev–Trinajstić information content (AvgIpc) is 2.43. The largest absolute Gasteiger partial charge is 0.382 e. The Hall–Kier alpha value is -1.32. The normalized spacial score (nSPS) is 12.6. The fourth-order valence-corrected chi connectivity index (χ4v) is 2.46. The first kappa shape index (κ1) is 15.1. The van der Waals surface area contributed by atoms with Crippen LogP contribution in [-0.2, 0) is 0 Å². The van der Waals surface area contributed by atoms with Crippen LogP contribution in [0.25, 0.3) is 10.9 Å². The molecular formula is C16H22ClN3. The maximum Gasteiger partial charge on any atom is 0.0737 e. The minimum atomic E-state index is 0.440. The van der Waals surface area contributed by atoms with Gasteiger partial charge in [0.25, 0.3) is 0 Å². The zero-order valence-electron chi connectivity index (χ0n) is 12.1. The summed E-state index contributed by atoms with van der Waals surface area (Å²) in [5.74, 6) is 0. The van der Waals surface area contributed by atoms with Crippen LogP contribution in [-0.4, -0.2) is 24.1 Å². The molecule has 2 aromatic rings. The fraction of sp³-hybridized carbons (Fsp3) is 0.438. The Morgan fingerprint density at radius 2 is 2.15 bits per heavy atom. The molecule has 0 fully saturated rings. The Labute approximate surface area is 125 Å². The summed E-state index contributed by atoms with van der Waals surface area (Å²) in [4.78, 5) is 4.36. The van der Waals surface area contributed by atoms with Crippen molar-refractivity contribution >= 4 is 28.2 Å². The third kappa shape index (κ3) is 4.09. The van der Waals surface area contributed by atoms with Crippen molar-refractivity contribution < 1.29 is 0 Å². The quantitative estimate of drug-likeness (QED) is 0.755. The van der Waals surface area contributed by atoms with E-state index in [9.17, 15) is 0 Å². The molecule has 1 atom stereocenters. The molecule has 2 N–H and O–H groups in total. The van der Waals surface area contributed by atoms with Crippen LogP contribution in [0.15, 0.2) is 30.5 Å². The van der Waals surface area contributed by atoms with Gasteiger partial charge in [-0.2, -0.15) is 0 Å². The van der Waals surface area contributed by atoms with Gasteiger partial charge in [0.2, 0.25) is 0 Å². The van der Waals surface area contributed by atoms with Crippen molar-refractivity contribution in [2.75, 3.05) is 18.4 Å². The molecular weight excluding hydrogens is 270 g/mol. The Bertz CT molecular complexity index is 556. The molecule has 1 heterocycles. The lowest BCUT2D eigenvalue weighted by atomic mass is 10.1. The maximum atomic E-state index is 6.01. The molecule has 0 aliphatic heterocycles. The van der Waals surface area contributed by atoms with Crippen LogP contribution in [0, 0.1) is 0 Å². The average molecular weight is 292 g/mol. The molecule has 1 aromatic carbocycles. The number of rotatable bonds is 7. The van der Waals surface area contributed by atoms with Gasteiger partial charge in [0, 0.05) is 28.3 Å². The second-order valence-electron chi connectivity index (χ2n) is 5.06. The van der Waals surface area contributed by atoms with E-state index in [2.05, 4.69) is 29.5 Å². The van der Waals surface area contributed by atoms with Crippen LogP contribution in [0.3, 0.4) is 0 Å². The molecule has 1 aromatic heterocycles. The third-order valence-electron chi connectivity index (χ3n) is 3.35. The zero-order valence-corrected chi connectivity index (χ0v) is 12.9. The summed E-state index contributed by atoms with van der Waals surface area (Å²) in [7, 11) is 0. The summed E-state index contributed by atoms with van der Waals surface area (Å²) in [6.45, 7) is 6.47. The summed E-state index contributed by atoms with van der Waals surface area (Å²) in [5, 5.41) is 8.77. The second-order valence-corrected chi connectivity index (χ2v) is 5.50. The zero-order chi connectivity index (χ0) is 14.4. The van der Waals surface area contributed by atoms with Gasteiger partial charge in [-0.1, -0.05) is 18.5 Å². The van der Waals surface area contributed by atoms with Crippen LogP contribution in [0.4, 0.5) is 5.69 Å². The second kappa shape index (κ2) is 7.46. The van der Waals surface area contributed by atoms with E-state index < -0.39 is 0 Å². The molecule has 4 heteroatoms. The van der Waals surface area contributed by atoms with Crippen molar-refractivity contribution in [3.8, 4) is 0 Å². The molecule has 0 spiro atoms. The van der Waals surface area contributed by atoms with Gasteiger partial charge >= 0.3 is 0 Å². The molecule has 0 unspecified atom stereocenters. The highest BCUT2D eigenvalue weighted by atomic mass is 35.5. The van der Waals surface area contributed by atoms with E-state index in [1.165, 1.54) is 6.42 Å². The SMILES string of the molecule is CCNCCC[C@@H](C)Nc1ccnc2cc(Cl)ccc12. The smallest absolute Gasteiger partial charge is 0.0737 e. The molecule has 2 rings (SSSR count). The molecule has 0 saturated heterocycles. The summed E-state index contributed by atoms with van der Waals surface area (Å²) >= 11 is 6.01. The van der Waals surface area contributed by atoms with Gasteiger partial charge in [-0.15, -0.1) is 0 Å². The summed E-state index contributed by atoms with van der Waals surface area (Å²) in [6, 6.07) is 8.30. The van der Waals surface area contributed by atoms with E-state index in [1.807, 2.05) is 30.5 Å². The van der Waals surface area contributed by atoms with Crippen molar-refractivity contribution in [2.24, 2.45) is 0 Å². The van der Waals surface area contributed by atoms with Gasteiger partial charge in [0.15, 0.2) is 0 Å². The van der Waals surface area contributed by atoms with Crippen molar-refractivity contribution in [3.05, 3.63) is 35.5 Å². The van der Waals surface area contributed by atoms with Crippen LogP contribution in [0.1, 0.15) is 26.7 Å². The predicted octanol–water partition coefficient (Wildman–Crippen LogP) is 4.08. The molecule has 20 heavy (non-hydrogen) atoms. The first-order valence-corrected chi connectivity index (χ1v) is 7.60. The van der Waals surface area contributed by atoms with Crippen LogP contribution in [0.5, 0.6) is 0 Å². The van der Waals surface area contributed by atoms with E-state index in [0.29, 0.717) is 6.04 Å². The molecule has 0 aliphatic carbocycles. The topological polar surface area (TPSA) is 37.0 Å². The number of nitrogens with one attached hydrogen (secondary N) is 2. The first-order chi connectivity index (χ1) is 9.70. The Balaban J connectivity index is 2.02. The monoisotopic (exact) mass is 291 g/mol. The first-order valence-electron chi connectivity index (χ1n) is 7.22. The van der Waals surface area contributed by atoms with Gasteiger partial charge in [0.1, 0.15) is 0 Å². The number of hydrogen-bond acceptors (Lipinski definition) is 3. The summed E-state index contributed by atoms with van der Waals surface area (Å²) in [5.41, 5.74) is 2.06. The van der Waals surface area contributed by atoms with E-state index in [1.54, 1.807) is 0 Å². The molecule has 0 saturated carbocycles. The predicted molar refractivity (Wildman–Crippen MR) is 87.6 cm³/mol. The van der Waals surface area contributed by atoms with Gasteiger partial charge in [-0.05, 0) is 57.1 Å².